The molecule has 314 valence electrons. The molecule has 0 unspecified atom stereocenters. The number of hydrogen-bond donors (Lipinski definition) is 2. The fraction of sp³-hybridized carbons (Fsp3) is 0.450. The molecule has 5 heterocycles. The predicted octanol–water partition coefficient (Wildman–Crippen LogP) is 5.02. The zero-order chi connectivity index (χ0) is 41.8. The van der Waals surface area contributed by atoms with Crippen LogP contribution < -0.4 is 16.0 Å². The average Bonchev–Trinajstić information content (AvgIpc) is 3.64. The minimum atomic E-state index is -4.82. The number of rotatable bonds is 10. The van der Waals surface area contributed by atoms with Crippen molar-refractivity contribution in [3.8, 4) is 0 Å². The number of piperidine rings is 1. The lowest BCUT2D eigenvalue weighted by Gasteiger charge is -2.40. The molecule has 1 atom stereocenters. The van der Waals surface area contributed by atoms with E-state index in [4.69, 9.17) is 26.8 Å². The number of nitrogen functional groups attached to an aromatic ring is 1. The van der Waals surface area contributed by atoms with Crippen LogP contribution in [0.25, 0.3) is 0 Å². The zero-order valence-electron chi connectivity index (χ0n) is 32.1. The summed E-state index contributed by atoms with van der Waals surface area (Å²) in [5.74, 6) is -0.576. The second kappa shape index (κ2) is 17.6. The van der Waals surface area contributed by atoms with Crippen LogP contribution in [0.3, 0.4) is 0 Å². The van der Waals surface area contributed by atoms with Crippen LogP contribution >= 0.6 is 11.6 Å². The van der Waals surface area contributed by atoms with Crippen molar-refractivity contribution in [2.45, 2.75) is 57.0 Å². The van der Waals surface area contributed by atoms with Crippen molar-refractivity contribution in [2.24, 2.45) is 0 Å². The summed E-state index contributed by atoms with van der Waals surface area (Å²) in [4.78, 5) is 77.6. The van der Waals surface area contributed by atoms with E-state index in [1.54, 1.807) is 21.9 Å². The Hall–Kier alpha value is -5.78. The van der Waals surface area contributed by atoms with Gasteiger partial charge in [-0.15, -0.1) is 0 Å². The maximum absolute atomic E-state index is 14.1. The Bertz CT molecular complexity index is 2070. The van der Waals surface area contributed by atoms with E-state index in [1.165, 1.54) is 22.1 Å². The van der Waals surface area contributed by atoms with Gasteiger partial charge in [0.2, 0.25) is 5.91 Å². The first-order chi connectivity index (χ1) is 28.2. The topological polar surface area (TPSA) is 171 Å². The molecule has 2 aromatic carbocycles. The number of hydrogen-bond acceptors (Lipinski definition) is 10. The van der Waals surface area contributed by atoms with Gasteiger partial charge in [-0.3, -0.25) is 9.59 Å². The van der Waals surface area contributed by atoms with Crippen LogP contribution in [-0.4, -0.2) is 126 Å². The standard InChI is InChI=1S/C40H44ClF3N8O7/c41-30-21-25(20-29(35(30)45)40(42,43)44)22-32(59-39(57)51-12-9-28(10-13-51)52-24-27-4-1-2-5-31(27)47-38(52)56)36(54)50-16-14-48(15-17-50)33-8-7-26(23-46-33)37(55)58-19-18-49-11-3-6-34(49)53/h1-2,4-5,7-8,20-21,23,28,32H,3,6,9-19,22,24,45H2,(H,47,56)/t32-/m1/s1. The summed E-state index contributed by atoms with van der Waals surface area (Å²) in [5.41, 5.74) is 5.82. The molecule has 0 spiro atoms. The van der Waals surface area contributed by atoms with Gasteiger partial charge in [0, 0.05) is 83.1 Å². The van der Waals surface area contributed by atoms with Crippen LogP contribution in [0.4, 0.5) is 40.0 Å². The summed E-state index contributed by atoms with van der Waals surface area (Å²) in [7, 11) is 0. The SMILES string of the molecule is Nc1c(Cl)cc(C[C@@H](OC(=O)N2CCC(N3Cc4ccccc4NC3=O)CC2)C(=O)N2CCN(c3ccc(C(=O)OCCN4CCCC4=O)cn3)CC2)cc1C(F)(F)F. The smallest absolute Gasteiger partial charge is 0.418 e. The molecule has 15 nitrogen and oxygen atoms in total. The number of aromatic nitrogens is 1. The van der Waals surface area contributed by atoms with E-state index in [-0.39, 0.29) is 66.9 Å². The van der Waals surface area contributed by atoms with E-state index in [0.717, 1.165) is 23.7 Å². The van der Waals surface area contributed by atoms with Gasteiger partial charge in [0.05, 0.1) is 28.4 Å². The minimum absolute atomic E-state index is 0.00348. The normalized spacial score (nSPS) is 18.1. The number of nitrogens with one attached hydrogen (secondary N) is 1. The second-order valence-electron chi connectivity index (χ2n) is 14.9. The molecule has 4 aliphatic heterocycles. The summed E-state index contributed by atoms with van der Waals surface area (Å²) < 4.78 is 52.8. The number of benzene rings is 2. The van der Waals surface area contributed by atoms with Gasteiger partial charge in [-0.2, -0.15) is 13.2 Å². The molecular formula is C40H44ClF3N8O7. The Kier molecular flexibility index (Phi) is 12.3. The summed E-state index contributed by atoms with van der Waals surface area (Å²) in [6.07, 6.45) is -3.94. The van der Waals surface area contributed by atoms with E-state index in [0.29, 0.717) is 57.8 Å². The fourth-order valence-corrected chi connectivity index (χ4v) is 8.06. The molecule has 0 saturated carbocycles. The molecule has 19 heteroatoms. The molecule has 3 saturated heterocycles. The summed E-state index contributed by atoms with van der Waals surface area (Å²) in [6, 6.07) is 12.4. The van der Waals surface area contributed by atoms with E-state index in [1.807, 2.05) is 29.2 Å². The first-order valence-electron chi connectivity index (χ1n) is 19.5. The third-order valence-electron chi connectivity index (χ3n) is 11.1. The number of halogens is 4. The highest BCUT2D eigenvalue weighted by molar-refractivity contribution is 6.33. The van der Waals surface area contributed by atoms with Crippen molar-refractivity contribution in [3.05, 3.63) is 82.0 Å². The molecule has 3 N–H and O–H groups in total. The van der Waals surface area contributed by atoms with Crippen LogP contribution in [-0.2, 0) is 38.2 Å². The number of alkyl halides is 3. The maximum Gasteiger partial charge on any atom is 0.418 e. The Morgan fingerprint density at radius 1 is 0.966 bits per heavy atom. The number of nitrogens with zero attached hydrogens (tertiary/aromatic N) is 6. The molecule has 0 aliphatic carbocycles. The molecular weight excluding hydrogens is 797 g/mol. The monoisotopic (exact) mass is 840 g/mol. The first-order valence-corrected chi connectivity index (χ1v) is 19.8. The van der Waals surface area contributed by atoms with Crippen LogP contribution in [0.15, 0.2) is 54.7 Å². The van der Waals surface area contributed by atoms with Crippen LogP contribution in [0, 0.1) is 0 Å². The number of piperazine rings is 1. The third kappa shape index (κ3) is 9.58. The molecule has 0 radical (unpaired) electrons. The number of likely N-dealkylation sites (tertiary alicyclic amines) is 2. The second-order valence-corrected chi connectivity index (χ2v) is 15.3. The predicted molar refractivity (Wildman–Crippen MR) is 210 cm³/mol. The Labute approximate surface area is 343 Å². The van der Waals surface area contributed by atoms with Crippen LogP contribution in [0.1, 0.15) is 52.7 Å². The maximum atomic E-state index is 14.1. The number of esters is 1. The number of carbonyl (C=O) groups excluding carboxylic acids is 5. The highest BCUT2D eigenvalue weighted by Gasteiger charge is 2.38. The molecule has 1 aromatic heterocycles. The Morgan fingerprint density at radius 3 is 2.39 bits per heavy atom. The molecule has 0 bridgehead atoms. The average molecular weight is 841 g/mol. The van der Waals surface area contributed by atoms with Gasteiger partial charge < -0.3 is 45.0 Å². The lowest BCUT2D eigenvalue weighted by molar-refractivity contribution is -0.141. The van der Waals surface area contributed by atoms with E-state index in [2.05, 4.69) is 10.3 Å². The van der Waals surface area contributed by atoms with Crippen molar-refractivity contribution < 1.29 is 46.6 Å². The van der Waals surface area contributed by atoms with Gasteiger partial charge in [0.15, 0.2) is 6.10 Å². The number of nitrogens with two attached hydrogens (primary N) is 1. The molecule has 5 amide bonds. The summed E-state index contributed by atoms with van der Waals surface area (Å²) in [6.45, 7) is 2.92. The van der Waals surface area contributed by atoms with Crippen molar-refractivity contribution in [1.29, 1.82) is 0 Å². The first kappa shape index (κ1) is 41.4. The van der Waals surface area contributed by atoms with Crippen LogP contribution in [0.2, 0.25) is 5.02 Å². The largest absolute Gasteiger partial charge is 0.460 e. The summed E-state index contributed by atoms with van der Waals surface area (Å²) in [5, 5.41) is 2.56. The number of urea groups is 1. The molecule has 3 fully saturated rings. The summed E-state index contributed by atoms with van der Waals surface area (Å²) >= 11 is 6.11. The van der Waals surface area contributed by atoms with Gasteiger partial charge in [-0.1, -0.05) is 29.8 Å². The van der Waals surface area contributed by atoms with Crippen molar-refractivity contribution in [3.63, 3.8) is 0 Å². The molecule has 59 heavy (non-hydrogen) atoms. The van der Waals surface area contributed by atoms with Gasteiger partial charge in [0.25, 0.3) is 5.91 Å². The lowest BCUT2D eigenvalue weighted by Crippen LogP contribution is -2.54. The quantitative estimate of drug-likeness (QED) is 0.209. The lowest BCUT2D eigenvalue weighted by atomic mass is 10.0. The van der Waals surface area contributed by atoms with E-state index >= 15 is 0 Å². The number of anilines is 3. The molecule has 3 aromatic rings. The number of carbonyl (C=O) groups is 5. The highest BCUT2D eigenvalue weighted by Crippen LogP contribution is 2.38. The van der Waals surface area contributed by atoms with Gasteiger partial charge in [-0.05, 0) is 60.7 Å². The van der Waals surface area contributed by atoms with Crippen molar-refractivity contribution >= 4 is 58.7 Å². The number of pyridine rings is 1. The fourth-order valence-electron chi connectivity index (χ4n) is 7.82. The number of para-hydroxylation sites is 1. The van der Waals surface area contributed by atoms with Gasteiger partial charge in [0.1, 0.15) is 12.4 Å². The van der Waals surface area contributed by atoms with Crippen LogP contribution in [0.5, 0.6) is 0 Å². The molecule has 4 aliphatic rings. The van der Waals surface area contributed by atoms with Crippen molar-refractivity contribution in [1.82, 2.24) is 24.6 Å². The Balaban J connectivity index is 0.979. The number of fused-ring (bicyclic) bond motifs is 1. The van der Waals surface area contributed by atoms with Gasteiger partial charge in [-0.25, -0.2) is 19.4 Å². The van der Waals surface area contributed by atoms with E-state index < -0.39 is 47.9 Å². The minimum Gasteiger partial charge on any atom is -0.460 e. The zero-order valence-corrected chi connectivity index (χ0v) is 32.8. The van der Waals surface area contributed by atoms with Gasteiger partial charge >= 0.3 is 24.3 Å². The number of amides is 5. The van der Waals surface area contributed by atoms with E-state index in [9.17, 15) is 37.1 Å². The third-order valence-corrected chi connectivity index (χ3v) is 11.4. The number of ether oxygens (including phenoxy) is 2. The molecule has 7 rings (SSSR count). The Morgan fingerprint density at radius 2 is 1.71 bits per heavy atom. The van der Waals surface area contributed by atoms with Crippen molar-refractivity contribution in [2.75, 3.05) is 74.9 Å². The highest BCUT2D eigenvalue weighted by atomic mass is 35.5.